The molecule has 0 aliphatic rings. The second-order valence-electron chi connectivity index (χ2n) is 8.75. The summed E-state index contributed by atoms with van der Waals surface area (Å²) in [5.41, 5.74) is 2.16. The molecule has 1 aromatic heterocycles. The lowest BCUT2D eigenvalue weighted by Crippen LogP contribution is -2.17. The smallest absolute Gasteiger partial charge is 0.235 e. The van der Waals surface area contributed by atoms with E-state index in [1.165, 1.54) is 12.1 Å². The summed E-state index contributed by atoms with van der Waals surface area (Å²) >= 11 is 12.1. The first-order valence-corrected chi connectivity index (χ1v) is 11.2. The van der Waals surface area contributed by atoms with E-state index in [9.17, 15) is 9.59 Å². The molecule has 33 heavy (non-hydrogen) atoms. The predicted octanol–water partition coefficient (Wildman–Crippen LogP) is 7.33. The lowest BCUT2D eigenvalue weighted by molar-refractivity contribution is 0.0920. The summed E-state index contributed by atoms with van der Waals surface area (Å²) in [5.74, 6) is -0.122. The summed E-state index contributed by atoms with van der Waals surface area (Å²) in [6, 6.07) is 19.3. The average Bonchev–Trinajstić information content (AvgIpc) is 2.77. The quantitative estimate of drug-likeness (QED) is 0.280. The summed E-state index contributed by atoms with van der Waals surface area (Å²) in [4.78, 5) is 26.0. The van der Waals surface area contributed by atoms with Gasteiger partial charge in [-0.2, -0.15) is 0 Å². The fraction of sp³-hybridized carbons (Fsp3) is 0.185. The van der Waals surface area contributed by atoms with E-state index >= 15 is 0 Å². The fourth-order valence-corrected chi connectivity index (χ4v) is 4.01. The number of fused-ring (bicyclic) bond motifs is 1. The van der Waals surface area contributed by atoms with Gasteiger partial charge in [-0.1, -0.05) is 80.4 Å². The number of carbonyl (C=O) groups excluding carboxylic acids is 1. The summed E-state index contributed by atoms with van der Waals surface area (Å²) in [7, 11) is 0. The molecule has 6 heteroatoms. The molecule has 0 saturated heterocycles. The number of ether oxygens (including phenoxy) is 1. The van der Waals surface area contributed by atoms with E-state index in [1.807, 2.05) is 24.3 Å². The van der Waals surface area contributed by atoms with Crippen LogP contribution in [0, 0.1) is 0 Å². The number of para-hydroxylation sites is 1. The first-order valence-electron chi connectivity index (χ1n) is 10.4. The van der Waals surface area contributed by atoms with Gasteiger partial charge in [-0.05, 0) is 41.3 Å². The molecule has 0 saturated carbocycles. The third kappa shape index (κ3) is 4.82. The zero-order valence-corrected chi connectivity index (χ0v) is 20.0. The van der Waals surface area contributed by atoms with Crippen molar-refractivity contribution >= 4 is 40.0 Å². The number of carbonyl (C=O) groups is 1. The molecule has 4 rings (SSSR count). The van der Waals surface area contributed by atoms with E-state index in [0.717, 1.165) is 5.56 Å². The van der Waals surface area contributed by atoms with Crippen LogP contribution >= 0.6 is 23.2 Å². The van der Waals surface area contributed by atoms with Crippen molar-refractivity contribution < 1.29 is 13.9 Å². The topological polar surface area (TPSA) is 56.5 Å². The van der Waals surface area contributed by atoms with Gasteiger partial charge in [-0.15, -0.1) is 0 Å². The highest BCUT2D eigenvalue weighted by Gasteiger charge is 2.21. The van der Waals surface area contributed by atoms with Crippen LogP contribution in [0.2, 0.25) is 10.0 Å². The molecule has 0 N–H and O–H groups in total. The average molecular weight is 481 g/mol. The molecule has 1 heterocycles. The molecule has 0 spiro atoms. The first-order chi connectivity index (χ1) is 15.6. The molecule has 0 unspecified atom stereocenters. The zero-order valence-electron chi connectivity index (χ0n) is 18.4. The molecule has 4 nitrogen and oxygen atoms in total. The molecular formula is C27H22Cl2O4. The van der Waals surface area contributed by atoms with E-state index in [-0.39, 0.29) is 45.3 Å². The second kappa shape index (κ2) is 9.05. The van der Waals surface area contributed by atoms with Crippen molar-refractivity contribution in [3.05, 3.63) is 98.1 Å². The highest BCUT2D eigenvalue weighted by atomic mass is 35.5. The minimum Gasteiger partial charge on any atom is -0.478 e. The Balaban J connectivity index is 1.75. The lowest BCUT2D eigenvalue weighted by atomic mass is 9.86. The first kappa shape index (κ1) is 23.1. The van der Waals surface area contributed by atoms with E-state index in [0.29, 0.717) is 21.6 Å². The molecule has 3 aromatic carbocycles. The van der Waals surface area contributed by atoms with Crippen molar-refractivity contribution in [1.82, 2.24) is 0 Å². The summed E-state index contributed by atoms with van der Waals surface area (Å²) in [5, 5.41) is 1.02. The van der Waals surface area contributed by atoms with Crippen LogP contribution in [0.1, 0.15) is 36.7 Å². The third-order valence-corrected chi connectivity index (χ3v) is 5.90. The Labute approximate surface area is 201 Å². The van der Waals surface area contributed by atoms with Crippen LogP contribution in [0.15, 0.2) is 75.9 Å². The SMILES string of the molecule is CC(C)(C)c1ccc(-c2oc3ccccc3c(=O)c2OCC(=O)c2ccc(Cl)cc2Cl)cc1. The highest BCUT2D eigenvalue weighted by molar-refractivity contribution is 6.36. The molecule has 0 aliphatic carbocycles. The number of Topliss-reactive ketones (excluding diaryl/α,β-unsaturated/α-hetero) is 1. The van der Waals surface area contributed by atoms with Gasteiger partial charge in [-0.25, -0.2) is 0 Å². The summed E-state index contributed by atoms with van der Waals surface area (Å²) in [6.07, 6.45) is 0. The minimum atomic E-state index is -0.377. The van der Waals surface area contributed by atoms with Gasteiger partial charge in [0.2, 0.25) is 17.0 Å². The van der Waals surface area contributed by atoms with Gasteiger partial charge in [0.25, 0.3) is 0 Å². The fourth-order valence-electron chi connectivity index (χ4n) is 3.50. The lowest BCUT2D eigenvalue weighted by Gasteiger charge is -2.19. The zero-order chi connectivity index (χ0) is 23.8. The van der Waals surface area contributed by atoms with Crippen LogP contribution in [-0.2, 0) is 5.41 Å². The molecule has 0 amide bonds. The Kier molecular flexibility index (Phi) is 6.33. The van der Waals surface area contributed by atoms with Gasteiger partial charge in [0.1, 0.15) is 5.58 Å². The van der Waals surface area contributed by atoms with Crippen molar-refractivity contribution in [2.45, 2.75) is 26.2 Å². The van der Waals surface area contributed by atoms with Gasteiger partial charge in [0.05, 0.1) is 10.4 Å². The largest absolute Gasteiger partial charge is 0.478 e. The summed E-state index contributed by atoms with van der Waals surface area (Å²) in [6.45, 7) is 6.00. The van der Waals surface area contributed by atoms with Crippen molar-refractivity contribution in [2.24, 2.45) is 0 Å². The van der Waals surface area contributed by atoms with Crippen molar-refractivity contribution in [3.8, 4) is 17.1 Å². The standard InChI is InChI=1S/C27H22Cl2O4/c1-27(2,3)17-10-8-16(9-11-17)25-26(24(31)20-6-4-5-7-23(20)33-25)32-15-22(30)19-13-12-18(28)14-21(19)29/h4-14H,15H2,1-3H3. The number of hydrogen-bond acceptors (Lipinski definition) is 4. The summed E-state index contributed by atoms with van der Waals surface area (Å²) < 4.78 is 11.9. The number of ketones is 1. The molecule has 0 bridgehead atoms. The Morgan fingerprint density at radius 2 is 1.67 bits per heavy atom. The Hall–Kier alpha value is -3.08. The number of halogens is 2. The van der Waals surface area contributed by atoms with Crippen LogP contribution in [0.25, 0.3) is 22.3 Å². The monoisotopic (exact) mass is 480 g/mol. The maximum Gasteiger partial charge on any atom is 0.235 e. The van der Waals surface area contributed by atoms with E-state index in [2.05, 4.69) is 20.8 Å². The van der Waals surface area contributed by atoms with Gasteiger partial charge in [0.15, 0.2) is 12.4 Å². The molecule has 0 radical (unpaired) electrons. The van der Waals surface area contributed by atoms with Gasteiger partial charge < -0.3 is 9.15 Å². The number of benzene rings is 3. The maximum absolute atomic E-state index is 13.3. The predicted molar refractivity (Wildman–Crippen MR) is 133 cm³/mol. The van der Waals surface area contributed by atoms with E-state index in [1.54, 1.807) is 30.3 Å². The van der Waals surface area contributed by atoms with E-state index < -0.39 is 0 Å². The molecule has 0 atom stereocenters. The molecule has 0 aliphatic heterocycles. The van der Waals surface area contributed by atoms with Crippen LogP contribution in [0.4, 0.5) is 0 Å². The van der Waals surface area contributed by atoms with Crippen LogP contribution in [-0.4, -0.2) is 12.4 Å². The van der Waals surface area contributed by atoms with Crippen LogP contribution in [0.3, 0.4) is 0 Å². The van der Waals surface area contributed by atoms with Crippen molar-refractivity contribution in [2.75, 3.05) is 6.61 Å². The number of hydrogen-bond donors (Lipinski definition) is 0. The number of rotatable bonds is 5. The Morgan fingerprint density at radius 3 is 2.33 bits per heavy atom. The minimum absolute atomic E-state index is 0.0179. The van der Waals surface area contributed by atoms with Gasteiger partial charge >= 0.3 is 0 Å². The third-order valence-electron chi connectivity index (χ3n) is 5.35. The molecule has 168 valence electrons. The molecule has 0 fully saturated rings. The van der Waals surface area contributed by atoms with Crippen LogP contribution in [0.5, 0.6) is 5.75 Å². The normalized spacial score (nSPS) is 11.5. The van der Waals surface area contributed by atoms with Crippen molar-refractivity contribution in [1.29, 1.82) is 0 Å². The molecule has 4 aromatic rings. The maximum atomic E-state index is 13.3. The Morgan fingerprint density at radius 1 is 0.970 bits per heavy atom. The molecular weight excluding hydrogens is 459 g/mol. The van der Waals surface area contributed by atoms with Gasteiger partial charge in [0, 0.05) is 16.1 Å². The van der Waals surface area contributed by atoms with Crippen molar-refractivity contribution in [3.63, 3.8) is 0 Å². The second-order valence-corrected chi connectivity index (χ2v) is 9.59. The highest BCUT2D eigenvalue weighted by Crippen LogP contribution is 2.33. The van der Waals surface area contributed by atoms with Crippen LogP contribution < -0.4 is 10.2 Å². The Bertz CT molecular complexity index is 1400. The van der Waals surface area contributed by atoms with Gasteiger partial charge in [-0.3, -0.25) is 9.59 Å². The van der Waals surface area contributed by atoms with E-state index in [4.69, 9.17) is 32.4 Å².